The molecule has 1 heterocycles. The lowest BCUT2D eigenvalue weighted by Crippen LogP contribution is -2.30. The Labute approximate surface area is 88.2 Å². The van der Waals surface area contributed by atoms with E-state index < -0.39 is 0 Å². The van der Waals surface area contributed by atoms with E-state index in [1.807, 2.05) is 24.1 Å². The van der Waals surface area contributed by atoms with E-state index in [0.717, 1.165) is 11.4 Å². The molecule has 1 aliphatic rings. The molecule has 0 saturated heterocycles. The zero-order valence-corrected chi connectivity index (χ0v) is 8.91. The molecule has 70 valence electrons. The summed E-state index contributed by atoms with van der Waals surface area (Å²) in [6.45, 7) is 0. The molecule has 13 heavy (non-hydrogen) atoms. The highest BCUT2D eigenvalue weighted by molar-refractivity contribution is 8.00. The molecule has 4 heteroatoms. The van der Waals surface area contributed by atoms with Gasteiger partial charge in [-0.05, 0) is 12.1 Å². The van der Waals surface area contributed by atoms with E-state index in [9.17, 15) is 0 Å². The predicted octanol–water partition coefficient (Wildman–Crippen LogP) is 2.63. The Morgan fingerprint density at radius 1 is 1.38 bits per heavy atom. The minimum Gasteiger partial charge on any atom is -0.332 e. The molecule has 0 bridgehead atoms. The highest BCUT2D eigenvalue weighted by Gasteiger charge is 2.17. The van der Waals surface area contributed by atoms with Gasteiger partial charge in [0.15, 0.2) is 0 Å². The number of hydrogen-bond acceptors (Lipinski definition) is 2. The smallest absolute Gasteiger partial charge is 0.111 e. The molecule has 0 aromatic heterocycles. The van der Waals surface area contributed by atoms with Crippen LogP contribution in [0.1, 0.15) is 0 Å². The Morgan fingerprint density at radius 2 is 2.08 bits per heavy atom. The molecule has 0 amide bonds. The SMILES string of the molecule is CN1C(=N)CSc2ccccc21.Cl. The van der Waals surface area contributed by atoms with Gasteiger partial charge in [0.2, 0.25) is 0 Å². The van der Waals surface area contributed by atoms with Crippen LogP contribution < -0.4 is 4.90 Å². The molecule has 0 radical (unpaired) electrons. The summed E-state index contributed by atoms with van der Waals surface area (Å²) in [6, 6.07) is 8.20. The van der Waals surface area contributed by atoms with Crippen molar-refractivity contribution in [1.82, 2.24) is 0 Å². The fourth-order valence-electron chi connectivity index (χ4n) is 1.24. The first-order valence-electron chi connectivity index (χ1n) is 3.82. The molecule has 2 nitrogen and oxygen atoms in total. The number of thioether (sulfide) groups is 1. The standard InChI is InChI=1S/C9H10N2S.ClH/c1-11-7-4-2-3-5-8(7)12-6-9(11)10;/h2-5,10H,6H2,1H3;1H. The van der Waals surface area contributed by atoms with Crippen LogP contribution in [0.5, 0.6) is 0 Å². The first-order valence-corrected chi connectivity index (χ1v) is 4.80. The lowest BCUT2D eigenvalue weighted by Gasteiger charge is -2.27. The van der Waals surface area contributed by atoms with Gasteiger partial charge in [-0.2, -0.15) is 0 Å². The predicted molar refractivity (Wildman–Crippen MR) is 60.5 cm³/mol. The fourth-order valence-corrected chi connectivity index (χ4v) is 2.26. The third-order valence-electron chi connectivity index (χ3n) is 2.00. The number of amidine groups is 1. The second kappa shape index (κ2) is 4.03. The summed E-state index contributed by atoms with van der Waals surface area (Å²) in [7, 11) is 1.95. The number of benzene rings is 1. The van der Waals surface area contributed by atoms with Crippen LogP contribution in [-0.2, 0) is 0 Å². The zero-order valence-electron chi connectivity index (χ0n) is 7.28. The molecule has 2 rings (SSSR count). The molecular formula is C9H11ClN2S. The monoisotopic (exact) mass is 214 g/mol. The van der Waals surface area contributed by atoms with Gasteiger partial charge in [0, 0.05) is 11.9 Å². The summed E-state index contributed by atoms with van der Waals surface area (Å²) in [6.07, 6.45) is 0. The molecule has 0 unspecified atom stereocenters. The van der Waals surface area contributed by atoms with E-state index in [2.05, 4.69) is 12.1 Å². The van der Waals surface area contributed by atoms with Crippen LogP contribution in [0.3, 0.4) is 0 Å². The third-order valence-corrected chi connectivity index (χ3v) is 3.07. The molecule has 0 atom stereocenters. The van der Waals surface area contributed by atoms with E-state index in [0.29, 0.717) is 5.84 Å². The van der Waals surface area contributed by atoms with Gasteiger partial charge in [-0.25, -0.2) is 0 Å². The highest BCUT2D eigenvalue weighted by atomic mass is 35.5. The first-order chi connectivity index (χ1) is 5.79. The van der Waals surface area contributed by atoms with E-state index >= 15 is 0 Å². The average molecular weight is 215 g/mol. The maximum absolute atomic E-state index is 7.63. The maximum Gasteiger partial charge on any atom is 0.111 e. The normalized spacial score (nSPS) is 14.8. The highest BCUT2D eigenvalue weighted by Crippen LogP contribution is 2.33. The summed E-state index contributed by atoms with van der Waals surface area (Å²) in [4.78, 5) is 3.21. The van der Waals surface area contributed by atoms with Crippen molar-refractivity contribution in [2.75, 3.05) is 17.7 Å². The molecule has 0 aliphatic carbocycles. The van der Waals surface area contributed by atoms with Crippen LogP contribution in [0.4, 0.5) is 5.69 Å². The second-order valence-corrected chi connectivity index (χ2v) is 3.78. The minimum absolute atomic E-state index is 0. The van der Waals surface area contributed by atoms with E-state index in [4.69, 9.17) is 5.41 Å². The Bertz CT molecular complexity index is 327. The van der Waals surface area contributed by atoms with E-state index in [-0.39, 0.29) is 12.4 Å². The van der Waals surface area contributed by atoms with Gasteiger partial charge in [-0.3, -0.25) is 5.41 Å². The molecule has 1 aromatic carbocycles. The Balaban J connectivity index is 0.000000845. The molecule has 1 aromatic rings. The number of fused-ring (bicyclic) bond motifs is 1. The minimum atomic E-state index is 0. The number of hydrogen-bond donors (Lipinski definition) is 1. The van der Waals surface area contributed by atoms with Gasteiger partial charge in [0.25, 0.3) is 0 Å². The van der Waals surface area contributed by atoms with Gasteiger partial charge in [0.1, 0.15) is 5.84 Å². The Hall–Kier alpha value is -0.670. The van der Waals surface area contributed by atoms with E-state index in [1.165, 1.54) is 4.90 Å². The van der Waals surface area contributed by atoms with Gasteiger partial charge in [0.05, 0.1) is 11.4 Å². The zero-order chi connectivity index (χ0) is 8.55. The second-order valence-electron chi connectivity index (χ2n) is 2.76. The number of nitrogens with one attached hydrogen (secondary N) is 1. The van der Waals surface area contributed by atoms with Crippen molar-refractivity contribution in [2.45, 2.75) is 4.90 Å². The molecule has 0 spiro atoms. The van der Waals surface area contributed by atoms with Crippen LogP contribution in [0, 0.1) is 5.41 Å². The Morgan fingerprint density at radius 3 is 2.85 bits per heavy atom. The fraction of sp³-hybridized carbons (Fsp3) is 0.222. The summed E-state index contributed by atoms with van der Waals surface area (Å²) < 4.78 is 0. The topological polar surface area (TPSA) is 27.1 Å². The number of anilines is 1. The maximum atomic E-state index is 7.63. The molecular weight excluding hydrogens is 204 g/mol. The largest absolute Gasteiger partial charge is 0.332 e. The van der Waals surface area contributed by atoms with Crippen molar-refractivity contribution in [1.29, 1.82) is 5.41 Å². The number of nitrogens with zero attached hydrogens (tertiary/aromatic N) is 1. The van der Waals surface area contributed by atoms with Crippen LogP contribution in [-0.4, -0.2) is 18.6 Å². The van der Waals surface area contributed by atoms with Gasteiger partial charge < -0.3 is 4.90 Å². The van der Waals surface area contributed by atoms with Crippen molar-refractivity contribution >= 4 is 35.7 Å². The van der Waals surface area contributed by atoms with Crippen LogP contribution in [0.15, 0.2) is 29.2 Å². The summed E-state index contributed by atoms with van der Waals surface area (Å²) in [5.74, 6) is 1.46. The van der Waals surface area contributed by atoms with Crippen molar-refractivity contribution in [3.05, 3.63) is 24.3 Å². The van der Waals surface area contributed by atoms with E-state index in [1.54, 1.807) is 11.8 Å². The number of rotatable bonds is 0. The van der Waals surface area contributed by atoms with Gasteiger partial charge >= 0.3 is 0 Å². The van der Waals surface area contributed by atoms with Crippen molar-refractivity contribution in [3.8, 4) is 0 Å². The number of para-hydroxylation sites is 1. The molecule has 0 fully saturated rings. The van der Waals surface area contributed by atoms with Crippen molar-refractivity contribution in [2.24, 2.45) is 0 Å². The average Bonchev–Trinajstić information content (AvgIpc) is 2.12. The molecule has 1 N–H and O–H groups in total. The lowest BCUT2D eigenvalue weighted by molar-refractivity contribution is 1.16. The molecule has 1 aliphatic heterocycles. The van der Waals surface area contributed by atoms with Gasteiger partial charge in [-0.15, -0.1) is 24.2 Å². The van der Waals surface area contributed by atoms with Crippen molar-refractivity contribution in [3.63, 3.8) is 0 Å². The Kier molecular flexibility index (Phi) is 3.22. The summed E-state index contributed by atoms with van der Waals surface area (Å²) in [5, 5.41) is 7.63. The first kappa shape index (κ1) is 10.4. The van der Waals surface area contributed by atoms with Crippen molar-refractivity contribution < 1.29 is 0 Å². The van der Waals surface area contributed by atoms with Crippen LogP contribution in [0.2, 0.25) is 0 Å². The van der Waals surface area contributed by atoms with Crippen LogP contribution in [0.25, 0.3) is 0 Å². The third kappa shape index (κ3) is 1.81. The quantitative estimate of drug-likeness (QED) is 0.719. The van der Waals surface area contributed by atoms with Gasteiger partial charge in [-0.1, -0.05) is 12.1 Å². The lowest BCUT2D eigenvalue weighted by atomic mass is 10.3. The summed E-state index contributed by atoms with van der Waals surface area (Å²) >= 11 is 1.73. The van der Waals surface area contributed by atoms with Crippen LogP contribution >= 0.6 is 24.2 Å². The summed E-state index contributed by atoms with van der Waals surface area (Å²) in [5.41, 5.74) is 1.15. The number of halogens is 1. The molecule has 0 saturated carbocycles.